The molecule has 3 heteroatoms. The third-order valence-electron chi connectivity index (χ3n) is 3.68. The van der Waals surface area contributed by atoms with E-state index in [4.69, 9.17) is 15.2 Å². The van der Waals surface area contributed by atoms with Gasteiger partial charge in [-0.05, 0) is 61.2 Å². The minimum atomic E-state index is 0.543. The van der Waals surface area contributed by atoms with Crippen LogP contribution < -0.4 is 15.2 Å². The summed E-state index contributed by atoms with van der Waals surface area (Å²) < 4.78 is 11.4. The molecule has 3 nitrogen and oxygen atoms in total. The molecule has 0 aliphatic carbocycles. The van der Waals surface area contributed by atoms with E-state index in [-0.39, 0.29) is 0 Å². The van der Waals surface area contributed by atoms with Crippen molar-refractivity contribution in [1.29, 1.82) is 0 Å². The number of hydrogen-bond donors (Lipinski definition) is 1. The van der Waals surface area contributed by atoms with Gasteiger partial charge in [-0.2, -0.15) is 0 Å². The SMILES string of the molecule is COc1ccc(CCN)cc1OCc1c(C)cccc1C. The van der Waals surface area contributed by atoms with Crippen molar-refractivity contribution in [3.8, 4) is 11.5 Å². The van der Waals surface area contributed by atoms with Crippen molar-refractivity contribution in [3.63, 3.8) is 0 Å². The fourth-order valence-electron chi connectivity index (χ4n) is 2.38. The molecule has 2 aromatic rings. The summed E-state index contributed by atoms with van der Waals surface area (Å²) in [6.45, 7) is 5.38. The van der Waals surface area contributed by atoms with Crippen molar-refractivity contribution in [2.24, 2.45) is 5.73 Å². The van der Waals surface area contributed by atoms with Gasteiger partial charge in [0.05, 0.1) is 7.11 Å². The molecule has 112 valence electrons. The van der Waals surface area contributed by atoms with E-state index < -0.39 is 0 Å². The molecule has 0 saturated carbocycles. The first-order chi connectivity index (χ1) is 10.2. The van der Waals surface area contributed by atoms with Gasteiger partial charge in [0.15, 0.2) is 11.5 Å². The van der Waals surface area contributed by atoms with E-state index >= 15 is 0 Å². The fraction of sp³-hybridized carbons (Fsp3) is 0.333. The van der Waals surface area contributed by atoms with Gasteiger partial charge in [0.1, 0.15) is 6.61 Å². The zero-order chi connectivity index (χ0) is 15.2. The highest BCUT2D eigenvalue weighted by Crippen LogP contribution is 2.29. The summed E-state index contributed by atoms with van der Waals surface area (Å²) in [4.78, 5) is 0. The standard InChI is InChI=1S/C18H23NO2/c1-13-5-4-6-14(2)16(13)12-21-18-11-15(9-10-19)7-8-17(18)20-3/h4-8,11H,9-10,12,19H2,1-3H3. The third-order valence-corrected chi connectivity index (χ3v) is 3.68. The Bertz CT molecular complexity index is 588. The Morgan fingerprint density at radius 3 is 2.33 bits per heavy atom. The van der Waals surface area contributed by atoms with E-state index in [9.17, 15) is 0 Å². The van der Waals surface area contributed by atoms with E-state index in [1.807, 2.05) is 18.2 Å². The lowest BCUT2D eigenvalue weighted by atomic mass is 10.0. The second kappa shape index (κ2) is 7.14. The summed E-state index contributed by atoms with van der Waals surface area (Å²) in [6, 6.07) is 12.3. The van der Waals surface area contributed by atoms with Gasteiger partial charge >= 0.3 is 0 Å². The molecule has 0 saturated heterocycles. The number of benzene rings is 2. The molecule has 2 rings (SSSR count). The number of rotatable bonds is 6. The fourth-order valence-corrected chi connectivity index (χ4v) is 2.38. The molecule has 2 N–H and O–H groups in total. The van der Waals surface area contributed by atoms with Crippen molar-refractivity contribution in [2.75, 3.05) is 13.7 Å². The van der Waals surface area contributed by atoms with Crippen LogP contribution in [-0.2, 0) is 13.0 Å². The van der Waals surface area contributed by atoms with Crippen LogP contribution in [0.1, 0.15) is 22.3 Å². The maximum absolute atomic E-state index is 6.00. The van der Waals surface area contributed by atoms with Gasteiger partial charge in [0.2, 0.25) is 0 Å². The van der Waals surface area contributed by atoms with E-state index in [1.165, 1.54) is 16.7 Å². The van der Waals surface area contributed by atoms with Crippen molar-refractivity contribution in [3.05, 3.63) is 58.7 Å². The Kier molecular flexibility index (Phi) is 5.23. The molecular weight excluding hydrogens is 262 g/mol. The summed E-state index contributed by atoms with van der Waals surface area (Å²) in [5.74, 6) is 1.52. The van der Waals surface area contributed by atoms with E-state index in [0.29, 0.717) is 13.2 Å². The van der Waals surface area contributed by atoms with Crippen LogP contribution in [0.5, 0.6) is 11.5 Å². The van der Waals surface area contributed by atoms with Crippen molar-refractivity contribution in [1.82, 2.24) is 0 Å². The highest BCUT2D eigenvalue weighted by Gasteiger charge is 2.08. The lowest BCUT2D eigenvalue weighted by Crippen LogP contribution is -2.05. The molecule has 0 radical (unpaired) electrons. The minimum absolute atomic E-state index is 0.543. The normalized spacial score (nSPS) is 10.5. The minimum Gasteiger partial charge on any atom is -0.493 e. The van der Waals surface area contributed by atoms with Gasteiger partial charge < -0.3 is 15.2 Å². The van der Waals surface area contributed by atoms with Gasteiger partial charge in [-0.1, -0.05) is 24.3 Å². The van der Waals surface area contributed by atoms with Crippen LogP contribution in [-0.4, -0.2) is 13.7 Å². The average molecular weight is 285 g/mol. The smallest absolute Gasteiger partial charge is 0.161 e. The maximum atomic E-state index is 6.00. The Morgan fingerprint density at radius 2 is 1.71 bits per heavy atom. The summed E-state index contributed by atoms with van der Waals surface area (Å²) in [7, 11) is 1.66. The quantitative estimate of drug-likeness (QED) is 0.884. The second-order valence-corrected chi connectivity index (χ2v) is 5.18. The summed E-state index contributed by atoms with van der Waals surface area (Å²) in [5.41, 5.74) is 10.5. The zero-order valence-corrected chi connectivity index (χ0v) is 13.0. The van der Waals surface area contributed by atoms with Crippen LogP contribution in [0.2, 0.25) is 0 Å². The van der Waals surface area contributed by atoms with E-state index in [1.54, 1.807) is 7.11 Å². The van der Waals surface area contributed by atoms with Crippen LogP contribution in [0.3, 0.4) is 0 Å². The molecule has 0 aromatic heterocycles. The van der Waals surface area contributed by atoms with Crippen LogP contribution in [0.4, 0.5) is 0 Å². The average Bonchev–Trinajstić information content (AvgIpc) is 2.47. The molecule has 0 aliphatic rings. The third kappa shape index (κ3) is 3.76. The first-order valence-electron chi connectivity index (χ1n) is 7.20. The molecule has 0 aliphatic heterocycles. The van der Waals surface area contributed by atoms with Crippen molar-refractivity contribution >= 4 is 0 Å². The Morgan fingerprint density at radius 1 is 1.00 bits per heavy atom. The Hall–Kier alpha value is -2.00. The van der Waals surface area contributed by atoms with Crippen LogP contribution in [0.25, 0.3) is 0 Å². The lowest BCUT2D eigenvalue weighted by molar-refractivity contribution is 0.283. The zero-order valence-electron chi connectivity index (χ0n) is 13.0. The van der Waals surface area contributed by atoms with Crippen LogP contribution >= 0.6 is 0 Å². The highest BCUT2D eigenvalue weighted by molar-refractivity contribution is 5.43. The number of methoxy groups -OCH3 is 1. The van der Waals surface area contributed by atoms with Gasteiger partial charge in [-0.3, -0.25) is 0 Å². The van der Waals surface area contributed by atoms with Crippen molar-refractivity contribution in [2.45, 2.75) is 26.9 Å². The second-order valence-electron chi connectivity index (χ2n) is 5.18. The largest absolute Gasteiger partial charge is 0.493 e. The summed E-state index contributed by atoms with van der Waals surface area (Å²) in [5, 5.41) is 0. The number of ether oxygens (including phenoxy) is 2. The summed E-state index contributed by atoms with van der Waals surface area (Å²) >= 11 is 0. The first-order valence-corrected chi connectivity index (χ1v) is 7.20. The Balaban J connectivity index is 2.20. The predicted molar refractivity (Wildman–Crippen MR) is 86.0 cm³/mol. The Labute approximate surface area is 126 Å². The molecule has 0 heterocycles. The van der Waals surface area contributed by atoms with E-state index in [2.05, 4.69) is 32.0 Å². The van der Waals surface area contributed by atoms with Gasteiger partial charge in [-0.15, -0.1) is 0 Å². The lowest BCUT2D eigenvalue weighted by Gasteiger charge is -2.14. The molecule has 0 bridgehead atoms. The molecule has 0 fully saturated rings. The number of hydrogen-bond acceptors (Lipinski definition) is 3. The van der Waals surface area contributed by atoms with Crippen LogP contribution in [0.15, 0.2) is 36.4 Å². The van der Waals surface area contributed by atoms with Gasteiger partial charge in [0, 0.05) is 0 Å². The topological polar surface area (TPSA) is 44.5 Å². The van der Waals surface area contributed by atoms with Gasteiger partial charge in [0.25, 0.3) is 0 Å². The van der Waals surface area contributed by atoms with Gasteiger partial charge in [-0.25, -0.2) is 0 Å². The van der Waals surface area contributed by atoms with Crippen LogP contribution in [0, 0.1) is 13.8 Å². The molecule has 0 unspecified atom stereocenters. The molecular formula is C18H23NO2. The monoisotopic (exact) mass is 285 g/mol. The number of aryl methyl sites for hydroxylation is 2. The van der Waals surface area contributed by atoms with Crippen molar-refractivity contribution < 1.29 is 9.47 Å². The molecule has 2 aromatic carbocycles. The first kappa shape index (κ1) is 15.4. The molecule has 0 atom stereocenters. The summed E-state index contributed by atoms with van der Waals surface area (Å²) in [6.07, 6.45) is 0.837. The molecule has 21 heavy (non-hydrogen) atoms. The van der Waals surface area contributed by atoms with E-state index in [0.717, 1.165) is 23.5 Å². The number of nitrogens with two attached hydrogens (primary N) is 1. The highest BCUT2D eigenvalue weighted by atomic mass is 16.5. The molecule has 0 spiro atoms. The maximum Gasteiger partial charge on any atom is 0.161 e. The predicted octanol–water partition coefficient (Wildman–Crippen LogP) is 3.39. The molecule has 0 amide bonds.